The van der Waals surface area contributed by atoms with E-state index in [2.05, 4.69) is 0 Å². The lowest BCUT2D eigenvalue weighted by Crippen LogP contribution is -2.23. The molecular formula is C12H15ClO3. The Morgan fingerprint density at radius 3 is 2.75 bits per heavy atom. The first-order valence-corrected chi connectivity index (χ1v) is 5.91. The summed E-state index contributed by atoms with van der Waals surface area (Å²) in [5, 5.41) is 9.56. The summed E-state index contributed by atoms with van der Waals surface area (Å²) in [6.07, 6.45) is 1.13. The molecule has 1 aliphatic rings. The molecule has 0 aromatic heterocycles. The maximum atomic E-state index is 9.56. The van der Waals surface area contributed by atoms with E-state index in [0.717, 1.165) is 17.7 Å². The van der Waals surface area contributed by atoms with Gasteiger partial charge < -0.3 is 14.6 Å². The van der Waals surface area contributed by atoms with Crippen molar-refractivity contribution in [3.05, 3.63) is 29.8 Å². The van der Waals surface area contributed by atoms with E-state index in [1.165, 1.54) is 0 Å². The van der Waals surface area contributed by atoms with E-state index in [1.807, 2.05) is 24.3 Å². The number of alkyl halides is 1. The van der Waals surface area contributed by atoms with Gasteiger partial charge in [0.05, 0.1) is 12.2 Å². The smallest absolute Gasteiger partial charge is 0.162 e. The highest BCUT2D eigenvalue weighted by atomic mass is 35.5. The van der Waals surface area contributed by atoms with Crippen molar-refractivity contribution in [2.75, 3.05) is 12.7 Å². The second-order valence-corrected chi connectivity index (χ2v) is 4.08. The SMILES string of the molecule is OC1CCOC(c2ccc(OCCl)cc2)C1. The van der Waals surface area contributed by atoms with Crippen LogP contribution in [0.1, 0.15) is 24.5 Å². The van der Waals surface area contributed by atoms with Crippen LogP contribution in [0.25, 0.3) is 0 Å². The van der Waals surface area contributed by atoms with E-state index >= 15 is 0 Å². The van der Waals surface area contributed by atoms with Gasteiger partial charge in [0.2, 0.25) is 0 Å². The molecule has 1 saturated heterocycles. The summed E-state index contributed by atoms with van der Waals surface area (Å²) in [5.74, 6) is 0.745. The molecule has 16 heavy (non-hydrogen) atoms. The average Bonchev–Trinajstić information content (AvgIpc) is 2.30. The molecule has 1 N–H and O–H groups in total. The zero-order chi connectivity index (χ0) is 11.4. The predicted molar refractivity (Wildman–Crippen MR) is 61.7 cm³/mol. The van der Waals surface area contributed by atoms with E-state index in [0.29, 0.717) is 13.0 Å². The molecule has 0 amide bonds. The van der Waals surface area contributed by atoms with Crippen LogP contribution < -0.4 is 4.74 Å². The number of hydrogen-bond donors (Lipinski definition) is 1. The number of rotatable bonds is 3. The average molecular weight is 243 g/mol. The van der Waals surface area contributed by atoms with Crippen LogP contribution in [0.5, 0.6) is 5.75 Å². The largest absolute Gasteiger partial charge is 0.478 e. The fraction of sp³-hybridized carbons (Fsp3) is 0.500. The van der Waals surface area contributed by atoms with Gasteiger partial charge in [0.25, 0.3) is 0 Å². The molecule has 1 aromatic carbocycles. The number of ether oxygens (including phenoxy) is 2. The Labute approximate surface area is 99.9 Å². The fourth-order valence-electron chi connectivity index (χ4n) is 1.85. The molecule has 0 bridgehead atoms. The summed E-state index contributed by atoms with van der Waals surface area (Å²) in [6, 6.07) is 7.78. The molecule has 2 atom stereocenters. The number of aliphatic hydroxyl groups excluding tert-OH is 1. The van der Waals surface area contributed by atoms with Crippen molar-refractivity contribution in [3.8, 4) is 5.75 Å². The van der Waals surface area contributed by atoms with Crippen LogP contribution in [0.2, 0.25) is 0 Å². The third kappa shape index (κ3) is 2.88. The lowest BCUT2D eigenvalue weighted by Gasteiger charge is -2.26. The Kier molecular flexibility index (Phi) is 4.04. The molecule has 0 spiro atoms. The number of aliphatic hydroxyl groups is 1. The van der Waals surface area contributed by atoms with Gasteiger partial charge in [0, 0.05) is 13.0 Å². The van der Waals surface area contributed by atoms with Crippen LogP contribution in [0.4, 0.5) is 0 Å². The van der Waals surface area contributed by atoms with Crippen molar-refractivity contribution in [1.82, 2.24) is 0 Å². The van der Waals surface area contributed by atoms with Crippen LogP contribution in [-0.2, 0) is 4.74 Å². The molecular weight excluding hydrogens is 228 g/mol. The van der Waals surface area contributed by atoms with Gasteiger partial charge in [-0.25, -0.2) is 0 Å². The molecule has 2 rings (SSSR count). The summed E-state index contributed by atoms with van der Waals surface area (Å²) in [4.78, 5) is 0. The van der Waals surface area contributed by atoms with Gasteiger partial charge in [-0.15, -0.1) is 0 Å². The molecule has 1 aliphatic heterocycles. The molecule has 4 heteroatoms. The van der Waals surface area contributed by atoms with Crippen molar-refractivity contribution in [1.29, 1.82) is 0 Å². The monoisotopic (exact) mass is 242 g/mol. The Bertz CT molecular complexity index is 326. The van der Waals surface area contributed by atoms with Crippen molar-refractivity contribution in [2.45, 2.75) is 25.0 Å². The highest BCUT2D eigenvalue weighted by Crippen LogP contribution is 2.29. The summed E-state index contributed by atoms with van der Waals surface area (Å²) < 4.78 is 10.8. The van der Waals surface area contributed by atoms with E-state index in [1.54, 1.807) is 0 Å². The minimum Gasteiger partial charge on any atom is -0.478 e. The number of benzene rings is 1. The molecule has 3 nitrogen and oxygen atoms in total. The number of halogens is 1. The van der Waals surface area contributed by atoms with Gasteiger partial charge in [-0.2, -0.15) is 0 Å². The maximum absolute atomic E-state index is 9.56. The molecule has 0 saturated carbocycles. The van der Waals surface area contributed by atoms with Crippen LogP contribution in [0, 0.1) is 0 Å². The molecule has 2 unspecified atom stereocenters. The summed E-state index contributed by atoms with van der Waals surface area (Å²) in [6.45, 7) is 0.617. The third-order valence-corrected chi connectivity index (χ3v) is 2.84. The summed E-state index contributed by atoms with van der Waals surface area (Å²) in [7, 11) is 0. The van der Waals surface area contributed by atoms with Gasteiger partial charge in [0.15, 0.2) is 6.07 Å². The first kappa shape index (κ1) is 11.7. The van der Waals surface area contributed by atoms with E-state index < -0.39 is 0 Å². The first-order chi connectivity index (χ1) is 7.79. The highest BCUT2D eigenvalue weighted by molar-refractivity contribution is 6.17. The van der Waals surface area contributed by atoms with Crippen molar-refractivity contribution < 1.29 is 14.6 Å². The summed E-state index contributed by atoms with van der Waals surface area (Å²) in [5.41, 5.74) is 1.07. The quantitative estimate of drug-likeness (QED) is 0.828. The molecule has 1 fully saturated rings. The van der Waals surface area contributed by atoms with Crippen molar-refractivity contribution >= 4 is 11.6 Å². The number of hydrogen-bond acceptors (Lipinski definition) is 3. The fourth-order valence-corrected chi connectivity index (χ4v) is 1.98. The second-order valence-electron chi connectivity index (χ2n) is 3.86. The first-order valence-electron chi connectivity index (χ1n) is 5.38. The van der Waals surface area contributed by atoms with Gasteiger partial charge in [-0.3, -0.25) is 0 Å². The predicted octanol–water partition coefficient (Wildman–Crippen LogP) is 2.47. The zero-order valence-corrected chi connectivity index (χ0v) is 9.69. The highest BCUT2D eigenvalue weighted by Gasteiger charge is 2.21. The lowest BCUT2D eigenvalue weighted by atomic mass is 9.99. The third-order valence-electron chi connectivity index (χ3n) is 2.73. The Morgan fingerprint density at radius 1 is 1.38 bits per heavy atom. The molecule has 0 radical (unpaired) electrons. The van der Waals surface area contributed by atoms with Gasteiger partial charge >= 0.3 is 0 Å². The minimum absolute atomic E-state index is 0.00574. The van der Waals surface area contributed by atoms with E-state index in [4.69, 9.17) is 21.1 Å². The van der Waals surface area contributed by atoms with Crippen molar-refractivity contribution in [3.63, 3.8) is 0 Å². The van der Waals surface area contributed by atoms with Crippen LogP contribution in [0.15, 0.2) is 24.3 Å². The van der Waals surface area contributed by atoms with Crippen LogP contribution >= 0.6 is 11.6 Å². The van der Waals surface area contributed by atoms with Crippen LogP contribution in [-0.4, -0.2) is 23.9 Å². The Balaban J connectivity index is 2.03. The maximum Gasteiger partial charge on any atom is 0.162 e. The van der Waals surface area contributed by atoms with Gasteiger partial charge in [-0.05, 0) is 24.1 Å². The topological polar surface area (TPSA) is 38.7 Å². The standard InChI is InChI=1S/C12H15ClO3/c13-8-16-11-3-1-9(2-4-11)12-7-10(14)5-6-15-12/h1-4,10,12,14H,5-8H2. The van der Waals surface area contributed by atoms with E-state index in [-0.39, 0.29) is 18.3 Å². The molecule has 1 heterocycles. The van der Waals surface area contributed by atoms with Gasteiger partial charge in [0.1, 0.15) is 5.75 Å². The van der Waals surface area contributed by atoms with Crippen LogP contribution in [0.3, 0.4) is 0 Å². The zero-order valence-electron chi connectivity index (χ0n) is 8.93. The Hall–Kier alpha value is -0.770. The van der Waals surface area contributed by atoms with Gasteiger partial charge in [-0.1, -0.05) is 23.7 Å². The summed E-state index contributed by atoms with van der Waals surface area (Å²) >= 11 is 5.46. The molecule has 0 aliphatic carbocycles. The van der Waals surface area contributed by atoms with Crippen molar-refractivity contribution in [2.24, 2.45) is 0 Å². The minimum atomic E-state index is -0.252. The van der Waals surface area contributed by atoms with E-state index in [9.17, 15) is 5.11 Å². The molecule has 1 aromatic rings. The normalized spacial score (nSPS) is 25.4. The molecule has 88 valence electrons. The second kappa shape index (κ2) is 5.53. The lowest BCUT2D eigenvalue weighted by molar-refractivity contribution is -0.0447. The Morgan fingerprint density at radius 2 is 2.12 bits per heavy atom.